The van der Waals surface area contributed by atoms with E-state index in [9.17, 15) is 4.79 Å². The van der Waals surface area contributed by atoms with Crippen LogP contribution in [0.15, 0.2) is 5.57 Å². The van der Waals surface area contributed by atoms with E-state index < -0.39 is 5.97 Å². The topological polar surface area (TPSA) is 37.3 Å². The summed E-state index contributed by atoms with van der Waals surface area (Å²) in [5.41, 5.74) is 0.264. The second-order valence-electron chi connectivity index (χ2n) is 1.18. The fraction of sp³-hybridized carbons (Fsp3) is 0.400. The van der Waals surface area contributed by atoms with Crippen LogP contribution >= 0.6 is 0 Å². The third-order valence-corrected chi connectivity index (χ3v) is 0.696. The van der Waals surface area contributed by atoms with Crippen molar-refractivity contribution in [1.29, 1.82) is 0 Å². The van der Waals surface area contributed by atoms with Gasteiger partial charge in [0.25, 0.3) is 0 Å². The molecule has 0 saturated carbocycles. The average Bonchev–Trinajstić information content (AvgIpc) is 1.65. The van der Waals surface area contributed by atoms with Crippen LogP contribution in [0.2, 0.25) is 0 Å². The Morgan fingerprint density at radius 1 is 1.62 bits per heavy atom. The number of carboxylic acid groups (broad SMARTS) is 1. The Kier molecular flexibility index (Phi) is 6.48. The van der Waals surface area contributed by atoms with Gasteiger partial charge in [-0.1, -0.05) is 6.92 Å². The summed E-state index contributed by atoms with van der Waals surface area (Å²) in [7, 11) is 0. The number of hydrogen-bond acceptors (Lipinski definition) is 1. The number of allylic oxidation sites excluding steroid dienone is 1. The fourth-order valence-electron chi connectivity index (χ4n) is 0.107. The van der Waals surface area contributed by atoms with E-state index in [4.69, 9.17) is 5.11 Å². The van der Waals surface area contributed by atoms with E-state index >= 15 is 0 Å². The molecule has 3 heteroatoms. The van der Waals surface area contributed by atoms with E-state index in [1.807, 2.05) is 0 Å². The van der Waals surface area contributed by atoms with Gasteiger partial charge >= 0.3 is 0 Å². The molecule has 1 N–H and O–H groups in total. The molecule has 0 bridgehead atoms. The molecule has 0 amide bonds. The zero-order valence-corrected chi connectivity index (χ0v) is 5.73. The predicted molar refractivity (Wildman–Crippen MR) is 25.7 cm³/mol. The summed E-state index contributed by atoms with van der Waals surface area (Å²) in [6.07, 6.45) is 2.48. The first-order valence-electron chi connectivity index (χ1n) is 1.93. The summed E-state index contributed by atoms with van der Waals surface area (Å²) in [6, 6.07) is 0. The van der Waals surface area contributed by atoms with Gasteiger partial charge in [0, 0.05) is 16.8 Å². The molecule has 0 fully saturated rings. The third-order valence-electron chi connectivity index (χ3n) is 0.696. The van der Waals surface area contributed by atoms with Crippen molar-refractivity contribution in [2.45, 2.75) is 13.8 Å². The van der Waals surface area contributed by atoms with Crippen LogP contribution in [0.4, 0.5) is 0 Å². The Labute approximate surface area is 58.8 Å². The maximum atomic E-state index is 9.83. The van der Waals surface area contributed by atoms with Crippen molar-refractivity contribution >= 4 is 5.97 Å². The van der Waals surface area contributed by atoms with Gasteiger partial charge < -0.3 is 9.90 Å². The number of rotatable bonds is 1. The minimum Gasteiger partial charge on any atom is -0.562 e. The Balaban J connectivity index is 0. The van der Waals surface area contributed by atoms with Crippen LogP contribution in [0.25, 0.3) is 0 Å². The number of aliphatic carboxylic acids is 1. The molecular formula is C5H7CoO2-. The van der Waals surface area contributed by atoms with Crippen LogP contribution in [0.5, 0.6) is 0 Å². The molecule has 0 aromatic rings. The second-order valence-corrected chi connectivity index (χ2v) is 1.18. The van der Waals surface area contributed by atoms with Gasteiger partial charge in [-0.05, 0) is 0 Å². The van der Waals surface area contributed by atoms with Crippen molar-refractivity contribution in [3.63, 3.8) is 0 Å². The van der Waals surface area contributed by atoms with Gasteiger partial charge in [-0.25, -0.2) is 0 Å². The van der Waals surface area contributed by atoms with Crippen LogP contribution in [0, 0.1) is 6.08 Å². The summed E-state index contributed by atoms with van der Waals surface area (Å²) in [4.78, 5) is 9.83. The number of carboxylic acids is 1. The molecule has 0 aliphatic heterocycles. The van der Waals surface area contributed by atoms with Crippen molar-refractivity contribution in [1.82, 2.24) is 0 Å². The number of hydrogen-bond donors (Lipinski definition) is 1. The first-order chi connectivity index (χ1) is 3.18. The molecule has 2 nitrogen and oxygen atoms in total. The first kappa shape index (κ1) is 10.7. The van der Waals surface area contributed by atoms with Gasteiger partial charge in [-0.2, -0.15) is 0 Å². The molecule has 8 heavy (non-hydrogen) atoms. The van der Waals surface area contributed by atoms with E-state index in [1.165, 1.54) is 6.92 Å². The quantitative estimate of drug-likeness (QED) is 0.453. The van der Waals surface area contributed by atoms with Crippen LogP contribution in [-0.2, 0) is 21.6 Å². The Morgan fingerprint density at radius 3 is 2.00 bits per heavy atom. The zero-order chi connectivity index (χ0) is 5.86. The molecule has 0 atom stereocenters. The summed E-state index contributed by atoms with van der Waals surface area (Å²) in [5.74, 6) is -0.900. The second kappa shape index (κ2) is 4.87. The summed E-state index contributed by atoms with van der Waals surface area (Å²) >= 11 is 0. The Hall–Kier alpha value is -0.284. The number of carbonyl (C=O) groups is 1. The van der Waals surface area contributed by atoms with E-state index in [0.29, 0.717) is 0 Å². The third kappa shape index (κ3) is 3.89. The SMILES string of the molecule is C[C-]=C(C)C(=O)O.[Co]. The van der Waals surface area contributed by atoms with E-state index in [1.54, 1.807) is 6.92 Å². The van der Waals surface area contributed by atoms with Gasteiger partial charge in [0.1, 0.15) is 0 Å². The van der Waals surface area contributed by atoms with Gasteiger partial charge in [0.2, 0.25) is 0 Å². The van der Waals surface area contributed by atoms with Crippen molar-refractivity contribution in [2.75, 3.05) is 0 Å². The van der Waals surface area contributed by atoms with Crippen LogP contribution < -0.4 is 0 Å². The molecule has 0 rings (SSSR count). The standard InChI is InChI=1S/C5H7O2.Co/c1-3-4(2)5(6)7;/h1-2H3,(H,6,7);/q-1;. The van der Waals surface area contributed by atoms with Crippen molar-refractivity contribution in [3.05, 3.63) is 11.6 Å². The average molecular weight is 158 g/mol. The summed E-state index contributed by atoms with van der Waals surface area (Å²) in [5, 5.41) is 8.08. The molecule has 0 spiro atoms. The van der Waals surface area contributed by atoms with Gasteiger partial charge in [-0.3, -0.25) is 6.08 Å². The minimum absolute atomic E-state index is 0. The Bertz CT molecular complexity index is 107. The first-order valence-corrected chi connectivity index (χ1v) is 1.93. The monoisotopic (exact) mass is 158 g/mol. The van der Waals surface area contributed by atoms with E-state index in [2.05, 4.69) is 6.08 Å². The molecular weight excluding hydrogens is 151 g/mol. The van der Waals surface area contributed by atoms with Crippen molar-refractivity contribution in [3.8, 4) is 0 Å². The smallest absolute Gasteiger partial charge is 0.168 e. The molecule has 0 aliphatic carbocycles. The molecule has 49 valence electrons. The fourth-order valence-corrected chi connectivity index (χ4v) is 0.107. The van der Waals surface area contributed by atoms with E-state index in [-0.39, 0.29) is 22.4 Å². The molecule has 0 heterocycles. The molecule has 0 aliphatic rings. The van der Waals surface area contributed by atoms with Crippen LogP contribution in [-0.4, -0.2) is 11.1 Å². The molecule has 0 unspecified atom stereocenters. The van der Waals surface area contributed by atoms with Crippen LogP contribution in [0.1, 0.15) is 13.8 Å². The molecule has 0 aromatic carbocycles. The van der Waals surface area contributed by atoms with Gasteiger partial charge in [0.15, 0.2) is 5.97 Å². The van der Waals surface area contributed by atoms with E-state index in [0.717, 1.165) is 0 Å². The van der Waals surface area contributed by atoms with Crippen LogP contribution in [0.3, 0.4) is 0 Å². The molecule has 0 saturated heterocycles. The molecule has 1 radical (unpaired) electrons. The predicted octanol–water partition coefficient (Wildman–Crippen LogP) is 0.838. The van der Waals surface area contributed by atoms with Crippen molar-refractivity contribution in [2.24, 2.45) is 0 Å². The maximum absolute atomic E-state index is 9.83. The summed E-state index contributed by atoms with van der Waals surface area (Å²) < 4.78 is 0. The summed E-state index contributed by atoms with van der Waals surface area (Å²) in [6.45, 7) is 3.08. The zero-order valence-electron chi connectivity index (χ0n) is 4.69. The minimum atomic E-state index is -0.900. The normalized spacial score (nSPS) is 10.0. The Morgan fingerprint density at radius 2 is 2.00 bits per heavy atom. The largest absolute Gasteiger partial charge is 0.562 e. The van der Waals surface area contributed by atoms with Gasteiger partial charge in [0.05, 0.1) is 0 Å². The maximum Gasteiger partial charge on any atom is 0.168 e. The molecule has 0 aromatic heterocycles. The van der Waals surface area contributed by atoms with Crippen molar-refractivity contribution < 1.29 is 26.7 Å². The van der Waals surface area contributed by atoms with Gasteiger partial charge in [-0.15, -0.1) is 12.5 Å².